The number of carbonyl (C=O) groups excluding carboxylic acids is 1. The van der Waals surface area contributed by atoms with E-state index in [-0.39, 0.29) is 17.5 Å². The molecule has 0 bridgehead atoms. The molecule has 1 unspecified atom stereocenters. The number of hydrogen-bond acceptors (Lipinski definition) is 4. The van der Waals surface area contributed by atoms with Gasteiger partial charge in [0.1, 0.15) is 5.56 Å². The van der Waals surface area contributed by atoms with Gasteiger partial charge < -0.3 is 14.8 Å². The zero-order chi connectivity index (χ0) is 14.4. The molecule has 1 atom stereocenters. The van der Waals surface area contributed by atoms with Crippen molar-refractivity contribution in [2.45, 2.75) is 25.4 Å². The van der Waals surface area contributed by atoms with Crippen LogP contribution in [0.25, 0.3) is 0 Å². The smallest absolute Gasteiger partial charge is 0.272 e. The van der Waals surface area contributed by atoms with Crippen LogP contribution >= 0.6 is 0 Å². The summed E-state index contributed by atoms with van der Waals surface area (Å²) in [4.78, 5) is 15.8. The highest BCUT2D eigenvalue weighted by Crippen LogP contribution is 2.16. The molecule has 1 fully saturated rings. The number of pyridine rings is 1. The summed E-state index contributed by atoms with van der Waals surface area (Å²) in [5.41, 5.74) is 0.145. The quantitative estimate of drug-likeness (QED) is 0.863. The number of amides is 1. The number of nitrogens with zero attached hydrogens (tertiary/aromatic N) is 1. The summed E-state index contributed by atoms with van der Waals surface area (Å²) in [5, 5.41) is 2.70. The highest BCUT2D eigenvalue weighted by atomic mass is 19.3. The Morgan fingerprint density at radius 3 is 3.15 bits per heavy atom. The fraction of sp³-hybridized carbons (Fsp3) is 0.538. The van der Waals surface area contributed by atoms with Gasteiger partial charge in [0.2, 0.25) is 5.88 Å². The first-order valence-corrected chi connectivity index (χ1v) is 6.42. The Labute approximate surface area is 115 Å². The van der Waals surface area contributed by atoms with Crippen LogP contribution in [0.1, 0.15) is 23.2 Å². The van der Waals surface area contributed by atoms with E-state index in [4.69, 9.17) is 9.47 Å². The van der Waals surface area contributed by atoms with E-state index in [1.807, 2.05) is 0 Å². The zero-order valence-corrected chi connectivity index (χ0v) is 10.9. The van der Waals surface area contributed by atoms with Crippen LogP contribution in [0.15, 0.2) is 18.3 Å². The number of ether oxygens (including phenoxy) is 2. The van der Waals surface area contributed by atoms with E-state index >= 15 is 0 Å². The number of alkyl halides is 2. The minimum Gasteiger partial charge on any atom is -0.471 e. The predicted octanol–water partition coefficient (Wildman–Crippen LogP) is 1.63. The zero-order valence-electron chi connectivity index (χ0n) is 10.9. The van der Waals surface area contributed by atoms with Crippen LogP contribution in [-0.4, -0.2) is 43.2 Å². The van der Waals surface area contributed by atoms with Gasteiger partial charge in [-0.15, -0.1) is 0 Å². The molecule has 1 aromatic heterocycles. The van der Waals surface area contributed by atoms with Crippen LogP contribution in [0.5, 0.6) is 5.88 Å². The number of rotatable bonds is 6. The van der Waals surface area contributed by atoms with Gasteiger partial charge in [-0.2, -0.15) is 0 Å². The van der Waals surface area contributed by atoms with Crippen molar-refractivity contribution >= 4 is 5.91 Å². The van der Waals surface area contributed by atoms with Crippen molar-refractivity contribution in [3.8, 4) is 5.88 Å². The minimum atomic E-state index is -2.61. The molecule has 1 aliphatic heterocycles. The monoisotopic (exact) mass is 286 g/mol. The average Bonchev–Trinajstić information content (AvgIpc) is 2.96. The lowest BCUT2D eigenvalue weighted by molar-refractivity contribution is 0.0760. The van der Waals surface area contributed by atoms with Crippen LogP contribution < -0.4 is 10.1 Å². The first-order chi connectivity index (χ1) is 9.66. The molecule has 0 radical (unpaired) electrons. The van der Waals surface area contributed by atoms with Gasteiger partial charge in [-0.25, -0.2) is 13.8 Å². The summed E-state index contributed by atoms with van der Waals surface area (Å²) in [6.45, 7) is 0.307. The highest BCUT2D eigenvalue weighted by molar-refractivity contribution is 5.96. The van der Waals surface area contributed by atoms with E-state index in [1.165, 1.54) is 12.3 Å². The van der Waals surface area contributed by atoms with Crippen molar-refractivity contribution < 1.29 is 23.0 Å². The Balaban J connectivity index is 1.93. The highest BCUT2D eigenvalue weighted by Gasteiger charge is 2.19. The number of hydrogen-bond donors (Lipinski definition) is 1. The van der Waals surface area contributed by atoms with Gasteiger partial charge in [-0.3, -0.25) is 4.79 Å². The third-order valence-electron chi connectivity index (χ3n) is 2.88. The average molecular weight is 286 g/mol. The maximum absolute atomic E-state index is 12.1. The molecule has 7 heteroatoms. The van der Waals surface area contributed by atoms with Gasteiger partial charge >= 0.3 is 0 Å². The topological polar surface area (TPSA) is 60.5 Å². The molecule has 1 amide bonds. The molecule has 1 aliphatic rings. The van der Waals surface area contributed by atoms with Crippen molar-refractivity contribution in [3.05, 3.63) is 23.9 Å². The van der Waals surface area contributed by atoms with Gasteiger partial charge in [0.25, 0.3) is 12.3 Å². The second kappa shape index (κ2) is 7.14. The Hall–Kier alpha value is -1.76. The van der Waals surface area contributed by atoms with Gasteiger partial charge in [0, 0.05) is 19.3 Å². The second-order valence-corrected chi connectivity index (χ2v) is 4.40. The first kappa shape index (κ1) is 14.6. The standard InChI is InChI=1S/C13H16F2N2O3/c14-11(15)8-20-13-10(4-1-5-16-13)12(18)17-7-9-3-2-6-19-9/h1,4-5,9,11H,2-3,6-8H2,(H,17,18). The number of nitrogens with one attached hydrogen (secondary N) is 1. The fourth-order valence-electron chi connectivity index (χ4n) is 1.93. The number of aromatic nitrogens is 1. The molecular weight excluding hydrogens is 270 g/mol. The predicted molar refractivity (Wildman–Crippen MR) is 67.0 cm³/mol. The molecule has 0 saturated carbocycles. The van der Waals surface area contributed by atoms with Gasteiger partial charge in [-0.05, 0) is 25.0 Å². The van der Waals surface area contributed by atoms with Crippen LogP contribution in [-0.2, 0) is 4.74 Å². The summed E-state index contributed by atoms with van der Waals surface area (Å²) >= 11 is 0. The molecule has 0 aromatic carbocycles. The Bertz CT molecular complexity index is 451. The summed E-state index contributed by atoms with van der Waals surface area (Å²) in [6, 6.07) is 3.04. The molecule has 1 saturated heterocycles. The minimum absolute atomic E-state index is 0.0149. The molecule has 1 N–H and O–H groups in total. The van der Waals surface area contributed by atoms with E-state index in [0.29, 0.717) is 13.2 Å². The Morgan fingerprint density at radius 1 is 1.60 bits per heavy atom. The molecular formula is C13H16F2N2O3. The first-order valence-electron chi connectivity index (χ1n) is 6.42. The van der Waals surface area contributed by atoms with Crippen molar-refractivity contribution in [2.75, 3.05) is 19.8 Å². The van der Waals surface area contributed by atoms with Crippen molar-refractivity contribution in [1.29, 1.82) is 0 Å². The van der Waals surface area contributed by atoms with Crippen LogP contribution in [0, 0.1) is 0 Å². The van der Waals surface area contributed by atoms with E-state index < -0.39 is 18.9 Å². The van der Waals surface area contributed by atoms with Crippen LogP contribution in [0.4, 0.5) is 8.78 Å². The lowest BCUT2D eigenvalue weighted by Crippen LogP contribution is -2.32. The van der Waals surface area contributed by atoms with Crippen molar-refractivity contribution in [2.24, 2.45) is 0 Å². The lowest BCUT2D eigenvalue weighted by Gasteiger charge is -2.12. The number of carbonyl (C=O) groups is 1. The van der Waals surface area contributed by atoms with Crippen molar-refractivity contribution in [1.82, 2.24) is 10.3 Å². The summed E-state index contributed by atoms with van der Waals surface area (Å²) in [7, 11) is 0. The molecule has 110 valence electrons. The van der Waals surface area contributed by atoms with E-state index in [9.17, 15) is 13.6 Å². The third kappa shape index (κ3) is 4.12. The summed E-state index contributed by atoms with van der Waals surface area (Å²) in [6.07, 6.45) is 0.677. The summed E-state index contributed by atoms with van der Waals surface area (Å²) in [5.74, 6) is -0.490. The Morgan fingerprint density at radius 2 is 2.45 bits per heavy atom. The van der Waals surface area contributed by atoms with Gasteiger partial charge in [0.15, 0.2) is 6.61 Å². The molecule has 1 aromatic rings. The van der Waals surface area contributed by atoms with Gasteiger partial charge in [-0.1, -0.05) is 0 Å². The van der Waals surface area contributed by atoms with Gasteiger partial charge in [0.05, 0.1) is 6.10 Å². The molecule has 2 rings (SSSR count). The SMILES string of the molecule is O=C(NCC1CCCO1)c1cccnc1OCC(F)F. The van der Waals surface area contributed by atoms with Crippen molar-refractivity contribution in [3.63, 3.8) is 0 Å². The fourth-order valence-corrected chi connectivity index (χ4v) is 1.93. The number of halogens is 2. The molecule has 0 spiro atoms. The third-order valence-corrected chi connectivity index (χ3v) is 2.88. The van der Waals surface area contributed by atoms with Crippen LogP contribution in [0.2, 0.25) is 0 Å². The molecule has 0 aliphatic carbocycles. The maximum atomic E-state index is 12.1. The lowest BCUT2D eigenvalue weighted by atomic mass is 10.2. The molecule has 2 heterocycles. The largest absolute Gasteiger partial charge is 0.471 e. The Kier molecular flexibility index (Phi) is 5.23. The van der Waals surface area contributed by atoms with Crippen LogP contribution in [0.3, 0.4) is 0 Å². The normalized spacial score (nSPS) is 18.2. The second-order valence-electron chi connectivity index (χ2n) is 4.40. The molecule has 20 heavy (non-hydrogen) atoms. The summed E-state index contributed by atoms with van der Waals surface area (Å²) < 4.78 is 34.5. The maximum Gasteiger partial charge on any atom is 0.272 e. The van der Waals surface area contributed by atoms with E-state index in [0.717, 1.165) is 12.8 Å². The van der Waals surface area contributed by atoms with E-state index in [2.05, 4.69) is 10.3 Å². The van der Waals surface area contributed by atoms with E-state index in [1.54, 1.807) is 6.07 Å². The molecule has 5 nitrogen and oxygen atoms in total.